The van der Waals surface area contributed by atoms with E-state index in [0.29, 0.717) is 0 Å². The van der Waals surface area contributed by atoms with Crippen molar-refractivity contribution in [2.75, 3.05) is 51.3 Å². The molecule has 0 unspecified atom stereocenters. The highest BCUT2D eigenvalue weighted by Gasteiger charge is 2.20. The minimum Gasteiger partial charge on any atom is -0.380 e. The topological polar surface area (TPSA) is 57.7 Å². The second-order valence-corrected chi connectivity index (χ2v) is 6.67. The molecule has 1 aliphatic rings. The molecule has 2 heterocycles. The molecule has 0 bridgehead atoms. The summed E-state index contributed by atoms with van der Waals surface area (Å²) >= 11 is 0. The van der Waals surface area contributed by atoms with Crippen molar-refractivity contribution < 1.29 is 9.53 Å². The van der Waals surface area contributed by atoms with E-state index in [1.165, 1.54) is 0 Å². The van der Waals surface area contributed by atoms with Crippen molar-refractivity contribution in [3.05, 3.63) is 59.9 Å². The number of hydrogen-bond acceptors (Lipinski definition) is 4. The molecule has 1 N–H and O–H groups in total. The zero-order chi connectivity index (χ0) is 19.6. The summed E-state index contributed by atoms with van der Waals surface area (Å²) in [6, 6.07) is 13.6. The van der Waals surface area contributed by atoms with Crippen molar-refractivity contribution in [2.45, 2.75) is 6.92 Å². The Morgan fingerprint density at radius 1 is 1.10 bits per heavy atom. The molecule has 0 aliphatic carbocycles. The summed E-state index contributed by atoms with van der Waals surface area (Å²) in [5, 5.41) is 3.01. The van der Waals surface area contributed by atoms with Crippen LogP contribution in [0.15, 0.2) is 48.7 Å². The predicted molar refractivity (Wildman–Crippen MR) is 128 cm³/mol. The van der Waals surface area contributed by atoms with E-state index in [-0.39, 0.29) is 30.8 Å². The van der Waals surface area contributed by atoms with Gasteiger partial charge in [-0.3, -0.25) is 9.88 Å². The number of hydrogen-bond donors (Lipinski definition) is 1. The third-order valence-corrected chi connectivity index (χ3v) is 4.69. The molecule has 1 aromatic carbocycles. The Balaban J connectivity index is 0.00000225. The summed E-state index contributed by atoms with van der Waals surface area (Å²) < 4.78 is 5.40. The maximum absolute atomic E-state index is 12.6. The van der Waals surface area contributed by atoms with Crippen molar-refractivity contribution in [3.8, 4) is 0 Å². The summed E-state index contributed by atoms with van der Waals surface area (Å²) in [7, 11) is 0. The van der Waals surface area contributed by atoms with Gasteiger partial charge in [-0.15, -0.1) is 24.8 Å². The molecule has 0 saturated carbocycles. The lowest BCUT2D eigenvalue weighted by molar-refractivity contribution is 0.0901. The Morgan fingerprint density at radius 3 is 2.60 bits per heavy atom. The largest absolute Gasteiger partial charge is 0.380 e. The first-order valence-electron chi connectivity index (χ1n) is 9.80. The van der Waals surface area contributed by atoms with Crippen LogP contribution in [0.5, 0.6) is 0 Å². The molecule has 6 nitrogen and oxygen atoms in total. The monoisotopic (exact) mass is 452 g/mol. The number of rotatable bonds is 7. The predicted octanol–water partition coefficient (Wildman–Crippen LogP) is 4.28. The number of urea groups is 1. The molecule has 0 radical (unpaired) electrons. The third kappa shape index (κ3) is 8.32. The molecule has 1 saturated heterocycles. The number of carbonyl (C=O) groups excluding carboxylic acids is 1. The molecule has 1 aliphatic heterocycles. The number of carbonyl (C=O) groups is 1. The van der Waals surface area contributed by atoms with Crippen LogP contribution in [0.25, 0.3) is 12.2 Å². The molecule has 0 atom stereocenters. The summed E-state index contributed by atoms with van der Waals surface area (Å²) in [5.41, 5.74) is 2.72. The Hall–Kier alpha value is -2.12. The maximum atomic E-state index is 12.6. The van der Waals surface area contributed by atoms with E-state index in [9.17, 15) is 4.79 Å². The van der Waals surface area contributed by atoms with E-state index in [4.69, 9.17) is 4.74 Å². The molecule has 8 heteroatoms. The van der Waals surface area contributed by atoms with Gasteiger partial charge in [-0.05, 0) is 42.8 Å². The Morgan fingerprint density at radius 2 is 1.90 bits per heavy atom. The number of piperazine rings is 1. The fourth-order valence-electron chi connectivity index (χ4n) is 3.09. The van der Waals surface area contributed by atoms with Gasteiger partial charge >= 0.3 is 6.03 Å². The van der Waals surface area contributed by atoms with E-state index in [1.807, 2.05) is 66.4 Å². The first kappa shape index (κ1) is 25.9. The van der Waals surface area contributed by atoms with Crippen molar-refractivity contribution >= 4 is 48.7 Å². The summed E-state index contributed by atoms with van der Waals surface area (Å²) in [6.45, 7) is 7.66. The lowest BCUT2D eigenvalue weighted by Crippen LogP contribution is -2.50. The van der Waals surface area contributed by atoms with Gasteiger partial charge < -0.3 is 15.0 Å². The fourth-order valence-corrected chi connectivity index (χ4v) is 3.09. The number of halogens is 2. The molecular weight excluding hydrogens is 423 g/mol. The van der Waals surface area contributed by atoms with Gasteiger partial charge in [-0.1, -0.05) is 24.3 Å². The highest BCUT2D eigenvalue weighted by atomic mass is 35.5. The van der Waals surface area contributed by atoms with Crippen LogP contribution in [0.3, 0.4) is 0 Å². The minimum absolute atomic E-state index is 0. The number of ether oxygens (including phenoxy) is 1. The number of aromatic nitrogens is 1. The van der Waals surface area contributed by atoms with Gasteiger partial charge in [-0.2, -0.15) is 0 Å². The van der Waals surface area contributed by atoms with E-state index in [2.05, 4.69) is 15.2 Å². The standard InChI is InChI=1S/C22H28N4O2.2ClH/c1-2-28-17-16-25-12-14-26(15-13-25)22(27)24-21-8-5-6-19(18-21)9-10-20-7-3-4-11-23-20;;/h3-11,18H,2,12-17H2,1H3,(H,24,27);2*1H/b10-9+;;. The number of anilines is 1. The highest BCUT2D eigenvalue weighted by molar-refractivity contribution is 5.90. The van der Waals surface area contributed by atoms with E-state index >= 15 is 0 Å². The summed E-state index contributed by atoms with van der Waals surface area (Å²) in [5.74, 6) is 0. The van der Waals surface area contributed by atoms with E-state index in [0.717, 1.165) is 62.9 Å². The van der Waals surface area contributed by atoms with Crippen molar-refractivity contribution in [2.24, 2.45) is 0 Å². The molecule has 30 heavy (non-hydrogen) atoms. The van der Waals surface area contributed by atoms with Gasteiger partial charge in [0.1, 0.15) is 0 Å². The van der Waals surface area contributed by atoms with Crippen LogP contribution in [0, 0.1) is 0 Å². The average Bonchev–Trinajstić information content (AvgIpc) is 2.74. The van der Waals surface area contributed by atoms with Crippen molar-refractivity contribution in [3.63, 3.8) is 0 Å². The number of nitrogens with one attached hydrogen (secondary N) is 1. The molecule has 3 rings (SSSR count). The van der Waals surface area contributed by atoms with Gasteiger partial charge in [0.15, 0.2) is 0 Å². The zero-order valence-electron chi connectivity index (χ0n) is 17.2. The molecule has 2 aromatic rings. The van der Waals surface area contributed by atoms with Gasteiger partial charge in [0.25, 0.3) is 0 Å². The van der Waals surface area contributed by atoms with Gasteiger partial charge in [0.2, 0.25) is 0 Å². The molecule has 164 valence electrons. The Labute approximate surface area is 191 Å². The quantitative estimate of drug-likeness (QED) is 0.636. The van der Waals surface area contributed by atoms with Gasteiger partial charge in [0.05, 0.1) is 12.3 Å². The maximum Gasteiger partial charge on any atom is 0.321 e. The number of pyridine rings is 1. The normalized spacial score (nSPS) is 14.1. The molecular formula is C22H30Cl2N4O2. The van der Waals surface area contributed by atoms with Crippen molar-refractivity contribution in [1.29, 1.82) is 0 Å². The van der Waals surface area contributed by atoms with Crippen molar-refractivity contribution in [1.82, 2.24) is 14.8 Å². The second kappa shape index (κ2) is 14.0. The Kier molecular flexibility index (Phi) is 12.1. The molecule has 1 fully saturated rings. The lowest BCUT2D eigenvalue weighted by Gasteiger charge is -2.34. The molecule has 1 aromatic heterocycles. The van der Waals surface area contributed by atoms with Crippen LogP contribution in [0.4, 0.5) is 10.5 Å². The van der Waals surface area contributed by atoms with Crippen LogP contribution in [0.2, 0.25) is 0 Å². The van der Waals surface area contributed by atoms with Crippen LogP contribution >= 0.6 is 24.8 Å². The lowest BCUT2D eigenvalue weighted by atomic mass is 10.1. The van der Waals surface area contributed by atoms with E-state index in [1.54, 1.807) is 6.20 Å². The first-order valence-corrected chi connectivity index (χ1v) is 9.80. The second-order valence-electron chi connectivity index (χ2n) is 6.67. The summed E-state index contributed by atoms with van der Waals surface area (Å²) in [4.78, 5) is 21.1. The van der Waals surface area contributed by atoms with E-state index < -0.39 is 0 Å². The molecule has 2 amide bonds. The highest BCUT2D eigenvalue weighted by Crippen LogP contribution is 2.14. The average molecular weight is 453 g/mol. The van der Waals surface area contributed by atoms with Crippen LogP contribution in [-0.2, 0) is 4.74 Å². The first-order chi connectivity index (χ1) is 13.7. The fraction of sp³-hybridized carbons (Fsp3) is 0.364. The summed E-state index contributed by atoms with van der Waals surface area (Å²) in [6.07, 6.45) is 5.73. The van der Waals surface area contributed by atoms with Crippen LogP contribution < -0.4 is 5.32 Å². The number of benzene rings is 1. The SMILES string of the molecule is CCOCCN1CCN(C(=O)Nc2cccc(/C=C/c3ccccn3)c2)CC1.Cl.Cl. The minimum atomic E-state index is -0.0460. The van der Waals surface area contributed by atoms with Crippen LogP contribution in [0.1, 0.15) is 18.2 Å². The number of amides is 2. The van der Waals surface area contributed by atoms with Gasteiger partial charge in [0, 0.05) is 51.2 Å². The third-order valence-electron chi connectivity index (χ3n) is 4.69. The number of nitrogens with zero attached hydrogens (tertiary/aromatic N) is 3. The Bertz CT molecular complexity index is 782. The van der Waals surface area contributed by atoms with Crippen LogP contribution in [-0.4, -0.2) is 66.8 Å². The van der Waals surface area contributed by atoms with Gasteiger partial charge in [-0.25, -0.2) is 4.79 Å². The zero-order valence-corrected chi connectivity index (χ0v) is 18.8. The smallest absolute Gasteiger partial charge is 0.321 e. The molecule has 0 spiro atoms.